The number of amides is 1. The molecular weight excluding hydrogens is 339 g/mol. The van der Waals surface area contributed by atoms with E-state index >= 15 is 0 Å². The predicted molar refractivity (Wildman–Crippen MR) is 83.7 cm³/mol. The summed E-state index contributed by atoms with van der Waals surface area (Å²) >= 11 is 12.0. The first kappa shape index (κ1) is 17.9. The molecule has 0 aromatic heterocycles. The summed E-state index contributed by atoms with van der Waals surface area (Å²) in [4.78, 5) is 11.2. The fourth-order valence-electron chi connectivity index (χ4n) is 1.61. The van der Waals surface area contributed by atoms with Gasteiger partial charge < -0.3 is 10.1 Å². The molecule has 0 atom stereocenters. The highest BCUT2D eigenvalue weighted by atomic mass is 35.5. The molecule has 0 fully saturated rings. The number of rotatable bonds is 6. The van der Waals surface area contributed by atoms with Crippen LogP contribution in [0.25, 0.3) is 0 Å². The minimum Gasteiger partial charge on any atom is -0.450 e. The average Bonchev–Trinajstić information content (AvgIpc) is 2.35. The van der Waals surface area contributed by atoms with E-state index in [1.165, 1.54) is 0 Å². The van der Waals surface area contributed by atoms with E-state index in [-0.39, 0.29) is 35.4 Å². The molecule has 0 spiro atoms. The van der Waals surface area contributed by atoms with Gasteiger partial charge in [-0.2, -0.15) is 0 Å². The minimum absolute atomic E-state index is 0.0128. The first-order valence-electron chi connectivity index (χ1n) is 6.09. The van der Waals surface area contributed by atoms with Crippen molar-refractivity contribution in [1.82, 2.24) is 5.32 Å². The zero-order valence-electron chi connectivity index (χ0n) is 11.6. The van der Waals surface area contributed by atoms with Gasteiger partial charge in [-0.25, -0.2) is 13.2 Å². The van der Waals surface area contributed by atoms with Gasteiger partial charge in [0.25, 0.3) is 0 Å². The van der Waals surface area contributed by atoms with Gasteiger partial charge in [-0.05, 0) is 19.1 Å². The third-order valence-electron chi connectivity index (χ3n) is 2.45. The van der Waals surface area contributed by atoms with Gasteiger partial charge in [-0.15, -0.1) is 0 Å². The van der Waals surface area contributed by atoms with Crippen molar-refractivity contribution >= 4 is 45.0 Å². The van der Waals surface area contributed by atoms with Crippen LogP contribution in [0, 0.1) is 0 Å². The second kappa shape index (κ2) is 7.72. The van der Waals surface area contributed by atoms with Crippen molar-refractivity contribution in [1.29, 1.82) is 0 Å². The van der Waals surface area contributed by atoms with E-state index < -0.39 is 16.1 Å². The molecule has 0 unspecified atom stereocenters. The molecule has 1 N–H and O–H groups in total. The lowest BCUT2D eigenvalue weighted by molar-refractivity contribution is 0.152. The first-order valence-corrected chi connectivity index (χ1v) is 8.70. The lowest BCUT2D eigenvalue weighted by Gasteiger charge is -2.24. The number of hydrogen-bond donors (Lipinski definition) is 1. The summed E-state index contributed by atoms with van der Waals surface area (Å²) in [5.41, 5.74) is 0.189. The number of sulfonamides is 1. The van der Waals surface area contributed by atoms with Crippen molar-refractivity contribution in [3.05, 3.63) is 28.2 Å². The molecule has 0 aliphatic carbocycles. The van der Waals surface area contributed by atoms with Gasteiger partial charge in [-0.1, -0.05) is 29.3 Å². The lowest BCUT2D eigenvalue weighted by atomic mass is 10.3. The van der Waals surface area contributed by atoms with Crippen molar-refractivity contribution in [2.75, 3.05) is 30.3 Å². The topological polar surface area (TPSA) is 75.7 Å². The SMILES string of the molecule is CCOC(=O)NCCN(c1c(Cl)cccc1Cl)S(C)(=O)=O. The summed E-state index contributed by atoms with van der Waals surface area (Å²) in [5, 5.41) is 2.87. The van der Waals surface area contributed by atoms with Gasteiger partial charge in [-0.3, -0.25) is 4.31 Å². The van der Waals surface area contributed by atoms with E-state index in [0.29, 0.717) is 0 Å². The largest absolute Gasteiger partial charge is 0.450 e. The molecule has 6 nitrogen and oxygen atoms in total. The maximum atomic E-state index is 11.9. The van der Waals surface area contributed by atoms with E-state index in [2.05, 4.69) is 5.32 Å². The normalized spacial score (nSPS) is 11.0. The van der Waals surface area contributed by atoms with Crippen molar-refractivity contribution < 1.29 is 17.9 Å². The second-order valence-corrected chi connectivity index (χ2v) is 6.77. The van der Waals surface area contributed by atoms with Crippen LogP contribution in [0.2, 0.25) is 10.0 Å². The third-order valence-corrected chi connectivity index (χ3v) is 4.22. The number of carbonyl (C=O) groups excluding carboxylic acids is 1. The summed E-state index contributed by atoms with van der Waals surface area (Å²) in [6, 6.07) is 4.70. The molecule has 0 saturated heterocycles. The summed E-state index contributed by atoms with van der Waals surface area (Å²) in [6.07, 6.45) is 0.424. The first-order chi connectivity index (χ1) is 9.77. The van der Waals surface area contributed by atoms with Crippen molar-refractivity contribution in [3.8, 4) is 0 Å². The number of carbonyl (C=O) groups is 1. The van der Waals surface area contributed by atoms with E-state index in [1.807, 2.05) is 0 Å². The predicted octanol–water partition coefficient (Wildman–Crippen LogP) is 2.51. The summed E-state index contributed by atoms with van der Waals surface area (Å²) < 4.78 is 29.5. The molecular formula is C12H16Cl2N2O4S. The number of ether oxygens (including phenoxy) is 1. The number of para-hydroxylation sites is 1. The summed E-state index contributed by atoms with van der Waals surface area (Å²) in [5.74, 6) is 0. The Morgan fingerprint density at radius 3 is 2.38 bits per heavy atom. The Balaban J connectivity index is 2.91. The summed E-state index contributed by atoms with van der Waals surface area (Å²) in [7, 11) is -3.60. The molecule has 21 heavy (non-hydrogen) atoms. The van der Waals surface area contributed by atoms with Gasteiger partial charge >= 0.3 is 6.09 Å². The standard InChI is InChI=1S/C12H16Cl2N2O4S/c1-3-20-12(17)15-7-8-16(21(2,18)19)11-9(13)5-4-6-10(11)14/h4-6H,3,7-8H2,1-2H3,(H,15,17). The van der Waals surface area contributed by atoms with Gasteiger partial charge in [0.05, 0.1) is 35.1 Å². The van der Waals surface area contributed by atoms with Crippen LogP contribution in [0.5, 0.6) is 0 Å². The van der Waals surface area contributed by atoms with Crippen LogP contribution >= 0.6 is 23.2 Å². The number of nitrogens with zero attached hydrogens (tertiary/aromatic N) is 1. The summed E-state index contributed by atoms with van der Waals surface area (Å²) in [6.45, 7) is 1.96. The number of nitrogens with one attached hydrogen (secondary N) is 1. The van der Waals surface area contributed by atoms with E-state index in [1.54, 1.807) is 25.1 Å². The van der Waals surface area contributed by atoms with Gasteiger partial charge in [0.2, 0.25) is 10.0 Å². The Morgan fingerprint density at radius 1 is 1.33 bits per heavy atom. The Labute approximate surface area is 134 Å². The minimum atomic E-state index is -3.60. The Bertz CT molecular complexity index is 587. The molecule has 0 aliphatic rings. The van der Waals surface area contributed by atoms with Gasteiger partial charge in [0.15, 0.2) is 0 Å². The number of alkyl carbamates (subject to hydrolysis) is 1. The zero-order chi connectivity index (χ0) is 16.0. The number of benzene rings is 1. The molecule has 1 rings (SSSR count). The molecule has 0 saturated carbocycles. The third kappa shape index (κ3) is 5.26. The highest BCUT2D eigenvalue weighted by molar-refractivity contribution is 7.92. The number of hydrogen-bond acceptors (Lipinski definition) is 4. The molecule has 0 aliphatic heterocycles. The number of anilines is 1. The zero-order valence-corrected chi connectivity index (χ0v) is 13.9. The van der Waals surface area contributed by atoms with Crippen LogP contribution < -0.4 is 9.62 Å². The van der Waals surface area contributed by atoms with Crippen LogP contribution in [-0.4, -0.2) is 40.5 Å². The Kier molecular flexibility index (Phi) is 6.57. The maximum Gasteiger partial charge on any atom is 0.407 e. The van der Waals surface area contributed by atoms with Crippen LogP contribution in [-0.2, 0) is 14.8 Å². The quantitative estimate of drug-likeness (QED) is 0.851. The molecule has 9 heteroatoms. The van der Waals surface area contributed by atoms with E-state index in [9.17, 15) is 13.2 Å². The molecule has 118 valence electrons. The molecule has 0 bridgehead atoms. The second-order valence-electron chi connectivity index (χ2n) is 4.05. The van der Waals surface area contributed by atoms with Crippen LogP contribution in [0.15, 0.2) is 18.2 Å². The Morgan fingerprint density at radius 2 is 1.90 bits per heavy atom. The highest BCUT2D eigenvalue weighted by Crippen LogP contribution is 2.34. The molecule has 0 heterocycles. The Hall–Kier alpha value is -1.18. The van der Waals surface area contributed by atoms with Crippen molar-refractivity contribution in [2.24, 2.45) is 0 Å². The van der Waals surface area contributed by atoms with Gasteiger partial charge in [0.1, 0.15) is 0 Å². The molecule has 1 aromatic carbocycles. The molecule has 1 amide bonds. The lowest BCUT2D eigenvalue weighted by Crippen LogP contribution is -2.38. The number of halogens is 2. The van der Waals surface area contributed by atoms with Crippen LogP contribution in [0.1, 0.15) is 6.92 Å². The fraction of sp³-hybridized carbons (Fsp3) is 0.417. The van der Waals surface area contributed by atoms with Crippen LogP contribution in [0.4, 0.5) is 10.5 Å². The van der Waals surface area contributed by atoms with E-state index in [4.69, 9.17) is 27.9 Å². The van der Waals surface area contributed by atoms with Gasteiger partial charge in [0, 0.05) is 6.54 Å². The van der Waals surface area contributed by atoms with Crippen LogP contribution in [0.3, 0.4) is 0 Å². The van der Waals surface area contributed by atoms with Crippen molar-refractivity contribution in [3.63, 3.8) is 0 Å². The fourth-order valence-corrected chi connectivity index (χ4v) is 3.27. The van der Waals surface area contributed by atoms with Crippen molar-refractivity contribution in [2.45, 2.75) is 6.92 Å². The average molecular weight is 355 g/mol. The monoisotopic (exact) mass is 354 g/mol. The smallest absolute Gasteiger partial charge is 0.407 e. The van der Waals surface area contributed by atoms with E-state index in [0.717, 1.165) is 10.6 Å². The molecule has 0 radical (unpaired) electrons. The molecule has 1 aromatic rings. The highest BCUT2D eigenvalue weighted by Gasteiger charge is 2.22. The maximum absolute atomic E-state index is 11.9.